The van der Waals surface area contributed by atoms with Crippen molar-refractivity contribution in [3.63, 3.8) is 0 Å². The number of hydrogen-bond donors (Lipinski definition) is 2. The van der Waals surface area contributed by atoms with Gasteiger partial charge >= 0.3 is 6.03 Å². The Balaban J connectivity index is 1.20. The molecule has 0 spiro atoms. The predicted molar refractivity (Wildman–Crippen MR) is 157 cm³/mol. The largest absolute Gasteiger partial charge is 0.494 e. The Morgan fingerprint density at radius 2 is 2.00 bits per heavy atom. The molecule has 3 heterocycles. The zero-order valence-electron chi connectivity index (χ0n) is 22.7. The molecule has 2 amide bonds. The van der Waals surface area contributed by atoms with Gasteiger partial charge in [-0.1, -0.05) is 23.7 Å². The summed E-state index contributed by atoms with van der Waals surface area (Å²) in [7, 11) is 3.68. The summed E-state index contributed by atoms with van der Waals surface area (Å²) in [5.74, 6) is 1.71. The number of hydrogen-bond acceptors (Lipinski definition) is 7. The number of rotatable bonds is 7. The van der Waals surface area contributed by atoms with Crippen LogP contribution in [0, 0.1) is 11.7 Å². The highest BCUT2D eigenvalue weighted by Gasteiger charge is 2.41. The third kappa shape index (κ3) is 5.71. The Morgan fingerprint density at radius 1 is 1.12 bits per heavy atom. The molecule has 1 aromatic heterocycles. The maximum absolute atomic E-state index is 13.5. The Labute approximate surface area is 242 Å². The van der Waals surface area contributed by atoms with Gasteiger partial charge in [-0.05, 0) is 67.9 Å². The number of urea groups is 1. The van der Waals surface area contributed by atoms with Crippen LogP contribution < -0.4 is 20.1 Å². The lowest BCUT2D eigenvalue weighted by Crippen LogP contribution is -2.37. The molecule has 6 rings (SSSR count). The van der Waals surface area contributed by atoms with E-state index in [0.717, 1.165) is 19.5 Å². The lowest BCUT2D eigenvalue weighted by Gasteiger charge is -2.22. The van der Waals surface area contributed by atoms with E-state index in [1.807, 2.05) is 17.0 Å². The summed E-state index contributed by atoms with van der Waals surface area (Å²) in [6.07, 6.45) is 2.57. The van der Waals surface area contributed by atoms with Crippen molar-refractivity contribution in [2.75, 3.05) is 44.4 Å². The van der Waals surface area contributed by atoms with Gasteiger partial charge in [0.05, 0.1) is 23.3 Å². The zero-order chi connectivity index (χ0) is 28.5. The van der Waals surface area contributed by atoms with E-state index in [4.69, 9.17) is 21.1 Å². The normalized spacial score (nSPS) is 18.4. The quantitative estimate of drug-likeness (QED) is 0.282. The third-order valence-corrected chi connectivity index (χ3v) is 8.08. The number of fused-ring (bicyclic) bond motifs is 2. The number of ether oxygens (including phenoxy) is 2. The van der Waals surface area contributed by atoms with Gasteiger partial charge in [-0.15, -0.1) is 0 Å². The number of nitrogens with one attached hydrogen (secondary N) is 2. The van der Waals surface area contributed by atoms with Gasteiger partial charge in [0.2, 0.25) is 0 Å². The van der Waals surface area contributed by atoms with Gasteiger partial charge in [0.1, 0.15) is 36.1 Å². The van der Waals surface area contributed by atoms with Gasteiger partial charge in [0.15, 0.2) is 0 Å². The molecule has 2 aliphatic rings. The molecule has 3 aromatic carbocycles. The maximum Gasteiger partial charge on any atom is 0.322 e. The van der Waals surface area contributed by atoms with Crippen LogP contribution in [0.15, 0.2) is 60.9 Å². The second-order valence-electron chi connectivity index (χ2n) is 10.4. The van der Waals surface area contributed by atoms with Crippen LogP contribution in [0.2, 0.25) is 5.02 Å². The van der Waals surface area contributed by atoms with Gasteiger partial charge in [-0.2, -0.15) is 0 Å². The minimum absolute atomic E-state index is 0.155. The fraction of sp³-hybridized carbons (Fsp3) is 0.300. The van der Waals surface area contributed by atoms with Gasteiger partial charge in [0, 0.05) is 36.3 Å². The van der Waals surface area contributed by atoms with Crippen LogP contribution in [0.4, 0.5) is 26.4 Å². The van der Waals surface area contributed by atoms with Crippen molar-refractivity contribution >= 4 is 45.7 Å². The molecule has 0 radical (unpaired) electrons. The van der Waals surface area contributed by atoms with Crippen molar-refractivity contribution in [2.45, 2.75) is 19.1 Å². The van der Waals surface area contributed by atoms with Gasteiger partial charge in [-0.25, -0.2) is 19.2 Å². The first-order valence-electron chi connectivity index (χ1n) is 13.4. The van der Waals surface area contributed by atoms with Crippen molar-refractivity contribution in [3.8, 4) is 11.5 Å². The second-order valence-corrected chi connectivity index (χ2v) is 10.8. The fourth-order valence-corrected chi connectivity index (χ4v) is 5.84. The molecule has 0 unspecified atom stereocenters. The molecule has 0 aliphatic carbocycles. The molecule has 2 saturated heterocycles. The zero-order valence-corrected chi connectivity index (χ0v) is 23.5. The van der Waals surface area contributed by atoms with Crippen molar-refractivity contribution in [1.29, 1.82) is 0 Å². The van der Waals surface area contributed by atoms with E-state index in [-0.39, 0.29) is 18.5 Å². The fourth-order valence-electron chi connectivity index (χ4n) is 5.60. The number of carbonyl (C=O) groups is 1. The number of methoxy groups -OCH3 is 1. The molecular weight excluding hydrogens is 547 g/mol. The molecule has 2 fully saturated rings. The van der Waals surface area contributed by atoms with E-state index in [0.29, 0.717) is 68.7 Å². The van der Waals surface area contributed by atoms with Crippen LogP contribution >= 0.6 is 11.6 Å². The number of likely N-dealkylation sites (tertiary alicyclic amines) is 2. The summed E-state index contributed by atoms with van der Waals surface area (Å²) in [6, 6.07) is 15.4. The molecule has 0 saturated carbocycles. The van der Waals surface area contributed by atoms with Gasteiger partial charge in [0.25, 0.3) is 0 Å². The summed E-state index contributed by atoms with van der Waals surface area (Å²) in [6.45, 7) is 2.72. The summed E-state index contributed by atoms with van der Waals surface area (Å²) < 4.78 is 24.8. The Bertz CT molecular complexity index is 1600. The molecule has 2 N–H and O–H groups in total. The van der Waals surface area contributed by atoms with E-state index < -0.39 is 0 Å². The highest BCUT2D eigenvalue weighted by molar-refractivity contribution is 6.32. The highest BCUT2D eigenvalue weighted by Crippen LogP contribution is 2.36. The molecule has 2 atom stereocenters. The van der Waals surface area contributed by atoms with Gasteiger partial charge < -0.3 is 29.9 Å². The minimum atomic E-state index is -0.319. The maximum atomic E-state index is 13.5. The molecule has 41 heavy (non-hydrogen) atoms. The molecule has 2 aliphatic heterocycles. The third-order valence-electron chi connectivity index (χ3n) is 7.79. The highest BCUT2D eigenvalue weighted by atomic mass is 35.5. The summed E-state index contributed by atoms with van der Waals surface area (Å²) in [5.41, 5.74) is 2.57. The molecule has 0 bridgehead atoms. The van der Waals surface area contributed by atoms with E-state index in [1.165, 1.54) is 18.5 Å². The first-order valence-corrected chi connectivity index (χ1v) is 13.8. The summed E-state index contributed by atoms with van der Waals surface area (Å²) in [5, 5.41) is 7.42. The number of anilines is 3. The lowest BCUT2D eigenvalue weighted by atomic mass is 10.1. The molecule has 9 nitrogen and oxygen atoms in total. The van der Waals surface area contributed by atoms with Crippen LogP contribution in [0.3, 0.4) is 0 Å². The average molecular weight is 577 g/mol. The Kier molecular flexibility index (Phi) is 7.51. The summed E-state index contributed by atoms with van der Waals surface area (Å²) >= 11 is 6.50. The van der Waals surface area contributed by atoms with Crippen molar-refractivity contribution in [1.82, 2.24) is 19.8 Å². The molecular formula is C30H30ClFN6O3. The van der Waals surface area contributed by atoms with E-state index in [2.05, 4.69) is 32.5 Å². The first kappa shape index (κ1) is 27.0. The standard InChI is InChI=1S/C30H30ClFN6O3/c1-37-9-8-19-14-38(15-26(19)37)30(39)36-25-12-22-24(13-28(25)40-2)33-17-34-29(22)35-21-6-7-27(23(31)11-21)41-16-18-4-3-5-20(32)10-18/h3-7,10-13,17,19,26H,8-9,14-16H2,1-2H3,(H,36,39)(H,33,34,35)/t19-,26+/m0/s1. The number of likely N-dealkylation sites (N-methyl/N-ethyl adjacent to an activating group) is 1. The predicted octanol–water partition coefficient (Wildman–Crippen LogP) is 5.92. The number of amides is 2. The number of benzene rings is 3. The summed E-state index contributed by atoms with van der Waals surface area (Å²) in [4.78, 5) is 26.2. The van der Waals surface area contributed by atoms with Crippen molar-refractivity contribution in [3.05, 3.63) is 77.3 Å². The van der Waals surface area contributed by atoms with Crippen LogP contribution in [0.1, 0.15) is 12.0 Å². The number of carbonyl (C=O) groups excluding carboxylic acids is 1. The lowest BCUT2D eigenvalue weighted by molar-refractivity contribution is 0.213. The SMILES string of the molecule is COc1cc2ncnc(Nc3ccc(OCc4cccc(F)c4)c(Cl)c3)c2cc1NC(=O)N1C[C@@H]2CCN(C)[C@@H]2C1. The van der Waals surface area contributed by atoms with Crippen LogP contribution in [-0.2, 0) is 6.61 Å². The van der Waals surface area contributed by atoms with Crippen molar-refractivity contribution in [2.24, 2.45) is 5.92 Å². The monoisotopic (exact) mass is 576 g/mol. The smallest absolute Gasteiger partial charge is 0.322 e. The topological polar surface area (TPSA) is 91.8 Å². The molecule has 4 aromatic rings. The molecule has 11 heteroatoms. The molecule has 212 valence electrons. The number of aromatic nitrogens is 2. The van der Waals surface area contributed by atoms with Crippen LogP contribution in [0.25, 0.3) is 10.9 Å². The number of halogens is 2. The van der Waals surface area contributed by atoms with Crippen molar-refractivity contribution < 1.29 is 18.7 Å². The number of nitrogens with zero attached hydrogens (tertiary/aromatic N) is 4. The van der Waals surface area contributed by atoms with Crippen LogP contribution in [-0.4, -0.2) is 65.6 Å². The second kappa shape index (κ2) is 11.4. The Hall–Kier alpha value is -4.15. The van der Waals surface area contributed by atoms with E-state index in [1.54, 1.807) is 37.4 Å². The van der Waals surface area contributed by atoms with E-state index >= 15 is 0 Å². The van der Waals surface area contributed by atoms with Gasteiger partial charge in [-0.3, -0.25) is 0 Å². The minimum Gasteiger partial charge on any atom is -0.494 e. The van der Waals surface area contributed by atoms with Crippen LogP contribution in [0.5, 0.6) is 11.5 Å². The first-order chi connectivity index (χ1) is 19.9. The average Bonchev–Trinajstić information content (AvgIpc) is 3.54. The Morgan fingerprint density at radius 3 is 2.78 bits per heavy atom. The van der Waals surface area contributed by atoms with E-state index in [9.17, 15) is 9.18 Å².